The van der Waals surface area contributed by atoms with Gasteiger partial charge in [0.25, 0.3) is 0 Å². The van der Waals surface area contributed by atoms with Crippen LogP contribution < -0.4 is 15.1 Å². The summed E-state index contributed by atoms with van der Waals surface area (Å²) < 4.78 is 0. The summed E-state index contributed by atoms with van der Waals surface area (Å²) in [6.07, 6.45) is 12.0. The van der Waals surface area contributed by atoms with Crippen LogP contribution in [-0.2, 0) is 0 Å². The predicted octanol–water partition coefficient (Wildman–Crippen LogP) is 7.36. The third-order valence-electron chi connectivity index (χ3n) is 8.82. The van der Waals surface area contributed by atoms with Crippen LogP contribution in [0.25, 0.3) is 21.8 Å². The van der Waals surface area contributed by atoms with E-state index in [0.717, 1.165) is 61.7 Å². The molecule has 1 unspecified atom stereocenters. The first-order valence-corrected chi connectivity index (χ1v) is 14.9. The van der Waals surface area contributed by atoms with Crippen molar-refractivity contribution in [3.8, 4) is 0 Å². The number of nitrogens with zero attached hydrogens (tertiary/aromatic N) is 5. The van der Waals surface area contributed by atoms with Crippen LogP contribution in [-0.4, -0.2) is 48.4 Å². The van der Waals surface area contributed by atoms with E-state index in [0.29, 0.717) is 12.0 Å². The third-order valence-corrected chi connectivity index (χ3v) is 8.82. The smallest absolute Gasteiger partial charge is 0.154 e. The molecule has 4 aromatic rings. The summed E-state index contributed by atoms with van der Waals surface area (Å²) in [4.78, 5) is 20.0. The van der Waals surface area contributed by atoms with Gasteiger partial charge in [0.15, 0.2) is 5.82 Å². The van der Waals surface area contributed by atoms with Crippen molar-refractivity contribution in [2.75, 3.05) is 41.3 Å². The minimum absolute atomic E-state index is 0.320. The van der Waals surface area contributed by atoms with E-state index in [2.05, 4.69) is 82.0 Å². The van der Waals surface area contributed by atoms with Crippen molar-refractivity contribution in [1.82, 2.24) is 9.97 Å². The molecule has 200 valence electrons. The van der Waals surface area contributed by atoms with E-state index in [1.807, 2.05) is 0 Å². The number of rotatable bonds is 6. The zero-order chi connectivity index (χ0) is 26.0. The van der Waals surface area contributed by atoms with Crippen LogP contribution in [0.15, 0.2) is 65.7 Å². The average Bonchev–Trinajstić information content (AvgIpc) is 3.71. The summed E-state index contributed by atoms with van der Waals surface area (Å²) in [5.74, 6) is 2.16. The molecule has 39 heavy (non-hydrogen) atoms. The van der Waals surface area contributed by atoms with Gasteiger partial charge in [0.2, 0.25) is 0 Å². The van der Waals surface area contributed by atoms with Crippen LogP contribution in [0.1, 0.15) is 51.4 Å². The Balaban J connectivity index is 1.16. The molecule has 0 spiro atoms. The van der Waals surface area contributed by atoms with Gasteiger partial charge in [0.05, 0.1) is 11.0 Å². The Morgan fingerprint density at radius 2 is 1.28 bits per heavy atom. The number of fused-ring (bicyclic) bond motifs is 2. The molecule has 4 heterocycles. The summed E-state index contributed by atoms with van der Waals surface area (Å²) in [6.45, 7) is 4.49. The SMILES string of the molecule is C(=Nc1cc(N2CCCC2)c2ccccc2n1)C1CCCC[C@@H]1Nc1cc(N2CCCC2)c2ccccc2n1. The first kappa shape index (κ1) is 24.4. The third kappa shape index (κ3) is 5.05. The molecule has 3 aliphatic rings. The molecule has 6 nitrogen and oxygen atoms in total. The lowest BCUT2D eigenvalue weighted by molar-refractivity contribution is 0.405. The molecular formula is C33H38N6. The van der Waals surface area contributed by atoms with Gasteiger partial charge < -0.3 is 15.1 Å². The number of aromatic nitrogens is 2. The van der Waals surface area contributed by atoms with Gasteiger partial charge in [-0.1, -0.05) is 49.2 Å². The topological polar surface area (TPSA) is 56.7 Å². The molecular weight excluding hydrogens is 480 g/mol. The molecule has 2 aromatic heterocycles. The van der Waals surface area contributed by atoms with Gasteiger partial charge in [0.1, 0.15) is 5.82 Å². The normalized spacial score (nSPS) is 21.9. The molecule has 1 aliphatic carbocycles. The average molecular weight is 519 g/mol. The lowest BCUT2D eigenvalue weighted by Crippen LogP contribution is -2.33. The number of para-hydroxylation sites is 2. The van der Waals surface area contributed by atoms with Gasteiger partial charge in [-0.05, 0) is 50.7 Å². The fourth-order valence-electron chi connectivity index (χ4n) is 6.76. The first-order valence-electron chi connectivity index (χ1n) is 14.9. The zero-order valence-electron chi connectivity index (χ0n) is 22.7. The number of anilines is 3. The van der Waals surface area contributed by atoms with Crippen molar-refractivity contribution in [3.05, 3.63) is 60.7 Å². The van der Waals surface area contributed by atoms with Crippen LogP contribution >= 0.6 is 0 Å². The second-order valence-electron chi connectivity index (χ2n) is 11.4. The second-order valence-corrected chi connectivity index (χ2v) is 11.4. The van der Waals surface area contributed by atoms with Crippen LogP contribution in [0.4, 0.5) is 23.0 Å². The largest absolute Gasteiger partial charge is 0.371 e. The van der Waals surface area contributed by atoms with Gasteiger partial charge in [-0.2, -0.15) is 0 Å². The fraction of sp³-hybridized carbons (Fsp3) is 0.424. The quantitative estimate of drug-likeness (QED) is 0.270. The Morgan fingerprint density at radius 1 is 0.692 bits per heavy atom. The Hall–Kier alpha value is -3.67. The van der Waals surface area contributed by atoms with Crippen molar-refractivity contribution >= 4 is 51.0 Å². The number of pyridine rings is 2. The van der Waals surface area contributed by atoms with Gasteiger partial charge in [0, 0.05) is 78.6 Å². The molecule has 2 aromatic carbocycles. The summed E-state index contributed by atoms with van der Waals surface area (Å²) in [5.41, 5.74) is 4.69. The predicted molar refractivity (Wildman–Crippen MR) is 164 cm³/mol. The van der Waals surface area contributed by atoms with Crippen molar-refractivity contribution < 1.29 is 0 Å². The molecule has 2 saturated heterocycles. The molecule has 0 radical (unpaired) electrons. The van der Waals surface area contributed by atoms with Gasteiger partial charge in [-0.25, -0.2) is 15.0 Å². The molecule has 0 bridgehead atoms. The van der Waals surface area contributed by atoms with E-state index in [1.165, 1.54) is 60.7 Å². The summed E-state index contributed by atoms with van der Waals surface area (Å²) in [7, 11) is 0. The number of hydrogen-bond donors (Lipinski definition) is 1. The van der Waals surface area contributed by atoms with E-state index in [9.17, 15) is 0 Å². The fourth-order valence-corrected chi connectivity index (χ4v) is 6.76. The number of hydrogen-bond acceptors (Lipinski definition) is 6. The summed E-state index contributed by atoms with van der Waals surface area (Å²) in [5, 5.41) is 6.33. The molecule has 3 fully saturated rings. The minimum Gasteiger partial charge on any atom is -0.371 e. The van der Waals surface area contributed by atoms with Gasteiger partial charge >= 0.3 is 0 Å². The standard InChI is InChI=1S/C33H38N6/c1-4-14-27(35-33-22-31(39-19-9-10-20-39)26-13-3-6-16-29(26)37-33)24(11-1)23-34-32-21-30(38-17-7-8-18-38)25-12-2-5-15-28(25)36-32/h2-3,5-6,12-13,15-16,21-24,27H,1,4,7-11,14,17-20H2,(H,35,37)/t24?,27-/m0/s1. The van der Waals surface area contributed by atoms with Crippen molar-refractivity contribution in [2.45, 2.75) is 57.4 Å². The van der Waals surface area contributed by atoms with Crippen molar-refractivity contribution in [2.24, 2.45) is 10.9 Å². The Morgan fingerprint density at radius 3 is 1.97 bits per heavy atom. The highest BCUT2D eigenvalue weighted by Crippen LogP contribution is 2.34. The summed E-state index contributed by atoms with van der Waals surface area (Å²) >= 11 is 0. The van der Waals surface area contributed by atoms with E-state index >= 15 is 0 Å². The molecule has 2 aliphatic heterocycles. The number of benzene rings is 2. The first-order chi connectivity index (χ1) is 19.3. The van der Waals surface area contributed by atoms with Crippen LogP contribution in [0.5, 0.6) is 0 Å². The van der Waals surface area contributed by atoms with Crippen molar-refractivity contribution in [1.29, 1.82) is 0 Å². The number of aliphatic imine (C=N–C) groups is 1. The minimum atomic E-state index is 0.320. The molecule has 1 saturated carbocycles. The Bertz CT molecular complexity index is 1480. The van der Waals surface area contributed by atoms with E-state index in [4.69, 9.17) is 15.0 Å². The van der Waals surface area contributed by atoms with Crippen LogP contribution in [0.2, 0.25) is 0 Å². The molecule has 0 amide bonds. The van der Waals surface area contributed by atoms with Crippen LogP contribution in [0, 0.1) is 5.92 Å². The van der Waals surface area contributed by atoms with Crippen molar-refractivity contribution in [3.63, 3.8) is 0 Å². The second kappa shape index (κ2) is 10.8. The monoisotopic (exact) mass is 518 g/mol. The number of nitrogens with one attached hydrogen (secondary N) is 1. The van der Waals surface area contributed by atoms with Crippen LogP contribution in [0.3, 0.4) is 0 Å². The lowest BCUT2D eigenvalue weighted by Gasteiger charge is -2.31. The Labute approximate surface area is 231 Å². The Kier molecular flexibility index (Phi) is 6.77. The molecule has 6 heteroatoms. The molecule has 2 atom stereocenters. The highest BCUT2D eigenvalue weighted by Gasteiger charge is 2.25. The maximum atomic E-state index is 5.04. The highest BCUT2D eigenvalue weighted by atomic mass is 15.2. The zero-order valence-corrected chi connectivity index (χ0v) is 22.7. The molecule has 7 rings (SSSR count). The van der Waals surface area contributed by atoms with Gasteiger partial charge in [-0.15, -0.1) is 0 Å². The van der Waals surface area contributed by atoms with Gasteiger partial charge in [-0.3, -0.25) is 0 Å². The highest BCUT2D eigenvalue weighted by molar-refractivity contribution is 5.94. The maximum absolute atomic E-state index is 5.04. The lowest BCUT2D eigenvalue weighted by atomic mass is 9.85. The molecule has 1 N–H and O–H groups in total. The maximum Gasteiger partial charge on any atom is 0.154 e. The van der Waals surface area contributed by atoms with E-state index in [1.54, 1.807) is 0 Å². The summed E-state index contributed by atoms with van der Waals surface area (Å²) in [6, 6.07) is 21.9. The van der Waals surface area contributed by atoms with E-state index < -0.39 is 0 Å². The van der Waals surface area contributed by atoms with E-state index in [-0.39, 0.29) is 0 Å².